The van der Waals surface area contributed by atoms with Crippen LogP contribution in [-0.2, 0) is 0 Å². The average molecular weight is 388 g/mol. The van der Waals surface area contributed by atoms with Crippen LogP contribution in [0.4, 0.5) is 41.2 Å². The first-order valence-corrected chi connectivity index (χ1v) is 7.47. The molecule has 0 spiro atoms. The highest BCUT2D eigenvalue weighted by atomic mass is 19.4. The molecule has 0 aliphatic heterocycles. The molecule has 2 amide bonds. The van der Waals surface area contributed by atoms with Gasteiger partial charge < -0.3 is 10.6 Å². The molecule has 1 rings (SSSR count). The summed E-state index contributed by atoms with van der Waals surface area (Å²) in [7, 11) is 0. The molecule has 0 fully saturated rings. The van der Waals surface area contributed by atoms with Gasteiger partial charge in [-0.1, -0.05) is 20.8 Å². The highest BCUT2D eigenvalue weighted by Crippen LogP contribution is 2.49. The molecule has 26 heavy (non-hydrogen) atoms. The van der Waals surface area contributed by atoms with Crippen LogP contribution in [0, 0.1) is 18.2 Å². The van der Waals surface area contributed by atoms with Crippen molar-refractivity contribution in [3.63, 3.8) is 0 Å². The summed E-state index contributed by atoms with van der Waals surface area (Å²) < 4.78 is 93.6. The van der Waals surface area contributed by atoms with Gasteiger partial charge in [0.05, 0.1) is 0 Å². The zero-order valence-electron chi connectivity index (χ0n) is 14.5. The summed E-state index contributed by atoms with van der Waals surface area (Å²) in [5.74, 6) is -0.666. The van der Waals surface area contributed by atoms with Gasteiger partial charge in [0.25, 0.3) is 0 Å². The molecule has 0 saturated heterocycles. The van der Waals surface area contributed by atoms with Gasteiger partial charge in [-0.05, 0) is 42.5 Å². The lowest BCUT2D eigenvalue weighted by Crippen LogP contribution is -2.69. The average Bonchev–Trinajstić information content (AvgIpc) is 2.37. The van der Waals surface area contributed by atoms with Gasteiger partial charge in [0.15, 0.2) is 0 Å². The van der Waals surface area contributed by atoms with Crippen molar-refractivity contribution in [2.24, 2.45) is 5.41 Å². The van der Waals surface area contributed by atoms with E-state index in [1.165, 1.54) is 27.7 Å². The Balaban J connectivity index is 3.25. The Morgan fingerprint density at radius 2 is 1.50 bits per heavy atom. The summed E-state index contributed by atoms with van der Waals surface area (Å²) in [5.41, 5.74) is -5.81. The minimum Gasteiger partial charge on any atom is -0.316 e. The lowest BCUT2D eigenvalue weighted by molar-refractivity contribution is -0.310. The number of benzene rings is 1. The van der Waals surface area contributed by atoms with Crippen molar-refractivity contribution in [1.29, 1.82) is 0 Å². The van der Waals surface area contributed by atoms with E-state index in [-0.39, 0.29) is 11.3 Å². The van der Waals surface area contributed by atoms with E-state index in [1.807, 2.05) is 5.32 Å². The molecule has 3 nitrogen and oxygen atoms in total. The van der Waals surface area contributed by atoms with Gasteiger partial charge in [-0.25, -0.2) is 9.18 Å². The van der Waals surface area contributed by atoms with Gasteiger partial charge in [0.2, 0.25) is 5.54 Å². The van der Waals surface area contributed by atoms with Crippen LogP contribution >= 0.6 is 0 Å². The summed E-state index contributed by atoms with van der Waals surface area (Å²) >= 11 is 0. The number of alkyl halides is 6. The molecule has 0 aliphatic rings. The van der Waals surface area contributed by atoms with Crippen molar-refractivity contribution in [3.8, 4) is 0 Å². The third-order valence-corrected chi connectivity index (χ3v) is 3.53. The number of rotatable bonds is 3. The van der Waals surface area contributed by atoms with E-state index in [0.29, 0.717) is 0 Å². The Morgan fingerprint density at radius 3 is 1.88 bits per heavy atom. The first-order chi connectivity index (χ1) is 11.5. The summed E-state index contributed by atoms with van der Waals surface area (Å²) in [5, 5.41) is 2.97. The van der Waals surface area contributed by atoms with Gasteiger partial charge in [0.1, 0.15) is 5.82 Å². The molecule has 10 heteroatoms. The van der Waals surface area contributed by atoms with Crippen LogP contribution in [0.2, 0.25) is 0 Å². The second-order valence-electron chi connectivity index (χ2n) is 7.18. The Hall–Kier alpha value is -2.00. The monoisotopic (exact) mass is 388 g/mol. The van der Waals surface area contributed by atoms with Crippen molar-refractivity contribution in [2.45, 2.75) is 52.0 Å². The first kappa shape index (κ1) is 22.0. The Kier molecular flexibility index (Phi) is 5.90. The van der Waals surface area contributed by atoms with Crippen LogP contribution in [0.5, 0.6) is 0 Å². The third kappa shape index (κ3) is 5.01. The van der Waals surface area contributed by atoms with Gasteiger partial charge >= 0.3 is 18.4 Å². The minimum absolute atomic E-state index is 0.113. The van der Waals surface area contributed by atoms with Crippen molar-refractivity contribution >= 4 is 11.7 Å². The van der Waals surface area contributed by atoms with E-state index < -0.39 is 41.6 Å². The maximum atomic E-state index is 13.4. The fourth-order valence-corrected chi connectivity index (χ4v) is 2.46. The number of aryl methyl sites for hydroxylation is 1. The lowest BCUT2D eigenvalue weighted by Gasteiger charge is -2.41. The summed E-state index contributed by atoms with van der Waals surface area (Å²) in [4.78, 5) is 11.9. The number of carbonyl (C=O) groups is 1. The number of hydrogen-bond donors (Lipinski definition) is 2. The SMILES string of the molecule is Cc1cc(F)ccc1NC(=O)NC(CC(C)(C)C)(C(F)(F)F)C(F)(F)F. The molecule has 0 aliphatic carbocycles. The van der Waals surface area contributed by atoms with Gasteiger partial charge in [-0.2, -0.15) is 26.3 Å². The van der Waals surface area contributed by atoms with Crippen LogP contribution in [0.25, 0.3) is 0 Å². The lowest BCUT2D eigenvalue weighted by atomic mass is 9.78. The molecule has 0 unspecified atom stereocenters. The predicted molar refractivity (Wildman–Crippen MR) is 82.2 cm³/mol. The number of anilines is 1. The number of carbonyl (C=O) groups excluding carboxylic acids is 1. The Bertz CT molecular complexity index is 646. The first-order valence-electron chi connectivity index (χ1n) is 7.47. The van der Waals surface area contributed by atoms with E-state index in [2.05, 4.69) is 0 Å². The number of nitrogens with one attached hydrogen (secondary N) is 2. The van der Waals surface area contributed by atoms with E-state index in [9.17, 15) is 35.5 Å². The highest BCUT2D eigenvalue weighted by molar-refractivity contribution is 5.90. The van der Waals surface area contributed by atoms with Crippen LogP contribution in [0.1, 0.15) is 32.8 Å². The standard InChI is InChI=1S/C16H19F7N2O/c1-9-7-10(17)5-6-11(9)24-12(26)25-14(15(18,19)20,16(21,22)23)8-13(2,3)4/h5-7H,8H2,1-4H3,(H2,24,25,26). The number of halogens is 7. The van der Waals surface area contributed by atoms with Crippen LogP contribution in [0.3, 0.4) is 0 Å². The van der Waals surface area contributed by atoms with Crippen molar-refractivity contribution < 1.29 is 35.5 Å². The summed E-state index contributed by atoms with van der Waals surface area (Å²) in [6.07, 6.45) is -13.0. The fraction of sp³-hybridized carbons (Fsp3) is 0.562. The quantitative estimate of drug-likeness (QED) is 0.655. The maximum absolute atomic E-state index is 13.4. The maximum Gasteiger partial charge on any atom is 0.420 e. The van der Waals surface area contributed by atoms with Crippen LogP contribution in [0.15, 0.2) is 18.2 Å². The van der Waals surface area contributed by atoms with Crippen molar-refractivity contribution in [1.82, 2.24) is 5.32 Å². The fourth-order valence-electron chi connectivity index (χ4n) is 2.46. The molecule has 0 heterocycles. The molecule has 0 atom stereocenters. The largest absolute Gasteiger partial charge is 0.420 e. The van der Waals surface area contributed by atoms with E-state index in [0.717, 1.165) is 23.5 Å². The number of urea groups is 1. The Morgan fingerprint density at radius 1 is 1.00 bits per heavy atom. The second kappa shape index (κ2) is 6.96. The van der Waals surface area contributed by atoms with Crippen molar-refractivity contribution in [3.05, 3.63) is 29.6 Å². The molecule has 0 saturated carbocycles. The number of amides is 2. The van der Waals surface area contributed by atoms with E-state index >= 15 is 0 Å². The highest BCUT2D eigenvalue weighted by Gasteiger charge is 2.72. The van der Waals surface area contributed by atoms with Gasteiger partial charge in [0, 0.05) is 5.69 Å². The van der Waals surface area contributed by atoms with E-state index in [4.69, 9.17) is 0 Å². The van der Waals surface area contributed by atoms with Gasteiger partial charge in [-0.15, -0.1) is 0 Å². The summed E-state index contributed by atoms with van der Waals surface area (Å²) in [6.45, 7) is 4.93. The zero-order valence-corrected chi connectivity index (χ0v) is 14.5. The van der Waals surface area contributed by atoms with Gasteiger partial charge in [-0.3, -0.25) is 0 Å². The summed E-state index contributed by atoms with van der Waals surface area (Å²) in [6, 6.07) is 1.24. The smallest absolute Gasteiger partial charge is 0.316 e. The van der Waals surface area contributed by atoms with E-state index in [1.54, 1.807) is 0 Å². The molecule has 148 valence electrons. The molecular weight excluding hydrogens is 369 g/mol. The van der Waals surface area contributed by atoms with Crippen molar-refractivity contribution in [2.75, 3.05) is 5.32 Å². The minimum atomic E-state index is -5.78. The molecule has 0 radical (unpaired) electrons. The van der Waals surface area contributed by atoms with Crippen LogP contribution < -0.4 is 10.6 Å². The molecule has 2 N–H and O–H groups in total. The molecule has 0 aromatic heterocycles. The second-order valence-corrected chi connectivity index (χ2v) is 7.18. The topological polar surface area (TPSA) is 41.1 Å². The molecule has 0 bridgehead atoms. The molecular formula is C16H19F7N2O. The number of hydrogen-bond acceptors (Lipinski definition) is 1. The normalized spacial score (nSPS) is 13.5. The predicted octanol–water partition coefficient (Wildman–Crippen LogP) is 5.56. The molecule has 1 aromatic carbocycles. The van der Waals surface area contributed by atoms with Crippen LogP contribution in [-0.4, -0.2) is 23.9 Å². The Labute approximate surface area is 146 Å². The third-order valence-electron chi connectivity index (χ3n) is 3.53. The zero-order chi connectivity index (χ0) is 20.6. The molecule has 1 aromatic rings.